The summed E-state index contributed by atoms with van der Waals surface area (Å²) in [6.07, 6.45) is 0. The van der Waals surface area contributed by atoms with E-state index in [-0.39, 0.29) is 11.9 Å². The van der Waals surface area contributed by atoms with E-state index in [0.717, 1.165) is 4.88 Å². The van der Waals surface area contributed by atoms with Crippen LogP contribution in [-0.4, -0.2) is 53.1 Å². The van der Waals surface area contributed by atoms with Gasteiger partial charge in [-0.05, 0) is 18.4 Å². The quantitative estimate of drug-likeness (QED) is 0.918. The van der Waals surface area contributed by atoms with Gasteiger partial charge in [0.05, 0.1) is 4.88 Å². The number of carbonyl (C=O) groups excluding carboxylic acids is 2. The Labute approximate surface area is 131 Å². The minimum atomic E-state index is -0.225. The van der Waals surface area contributed by atoms with Crippen molar-refractivity contribution in [3.63, 3.8) is 0 Å². The van der Waals surface area contributed by atoms with Crippen LogP contribution < -0.4 is 5.32 Å². The summed E-state index contributed by atoms with van der Waals surface area (Å²) < 4.78 is 4.91. The number of urea groups is 1. The van der Waals surface area contributed by atoms with Gasteiger partial charge in [-0.2, -0.15) is 0 Å². The predicted molar refractivity (Wildman–Crippen MR) is 82.1 cm³/mol. The summed E-state index contributed by atoms with van der Waals surface area (Å²) in [5.41, 5.74) is 0. The first-order valence-electron chi connectivity index (χ1n) is 6.95. The van der Waals surface area contributed by atoms with E-state index in [0.29, 0.717) is 37.8 Å². The van der Waals surface area contributed by atoms with Crippen molar-refractivity contribution in [2.24, 2.45) is 0 Å². The highest BCUT2D eigenvalue weighted by molar-refractivity contribution is 7.12. The third-order valence-electron chi connectivity index (χ3n) is 3.45. The lowest BCUT2D eigenvalue weighted by molar-refractivity contribution is 0.0676. The van der Waals surface area contributed by atoms with Gasteiger partial charge in [-0.1, -0.05) is 11.2 Å². The van der Waals surface area contributed by atoms with Gasteiger partial charge in [0.1, 0.15) is 5.76 Å². The topological polar surface area (TPSA) is 78.7 Å². The molecule has 1 aliphatic rings. The van der Waals surface area contributed by atoms with Crippen molar-refractivity contribution >= 4 is 29.1 Å². The molecule has 0 bridgehead atoms. The van der Waals surface area contributed by atoms with Crippen molar-refractivity contribution in [3.05, 3.63) is 34.2 Å². The van der Waals surface area contributed by atoms with E-state index in [4.69, 9.17) is 4.52 Å². The van der Waals surface area contributed by atoms with Crippen molar-refractivity contribution in [2.45, 2.75) is 6.92 Å². The molecular formula is C14H16N4O3S. The molecule has 2 aromatic rings. The Bertz CT molecular complexity index is 659. The van der Waals surface area contributed by atoms with Crippen molar-refractivity contribution in [3.8, 4) is 0 Å². The molecule has 1 aliphatic heterocycles. The first-order valence-corrected chi connectivity index (χ1v) is 7.83. The highest BCUT2D eigenvalue weighted by Crippen LogP contribution is 2.14. The highest BCUT2D eigenvalue weighted by atomic mass is 32.1. The van der Waals surface area contributed by atoms with Crippen molar-refractivity contribution < 1.29 is 14.1 Å². The smallest absolute Gasteiger partial charge is 0.323 e. The number of amides is 3. The molecule has 1 saturated heterocycles. The summed E-state index contributed by atoms with van der Waals surface area (Å²) in [4.78, 5) is 28.5. The lowest BCUT2D eigenvalue weighted by Crippen LogP contribution is -2.51. The Hall–Kier alpha value is -2.35. The molecule has 116 valence electrons. The summed E-state index contributed by atoms with van der Waals surface area (Å²) in [5.74, 6) is 1.07. The van der Waals surface area contributed by atoms with Gasteiger partial charge in [0.15, 0.2) is 5.82 Å². The van der Waals surface area contributed by atoms with Crippen LogP contribution in [0.15, 0.2) is 28.1 Å². The average molecular weight is 320 g/mol. The summed E-state index contributed by atoms with van der Waals surface area (Å²) in [6.45, 7) is 3.82. The molecule has 1 fully saturated rings. The second-order valence-corrected chi connectivity index (χ2v) is 5.96. The lowest BCUT2D eigenvalue weighted by atomic mass is 10.3. The molecule has 0 unspecified atom stereocenters. The number of carbonyl (C=O) groups is 2. The second-order valence-electron chi connectivity index (χ2n) is 5.01. The number of thiophene rings is 1. The van der Waals surface area contributed by atoms with Crippen molar-refractivity contribution in [1.82, 2.24) is 15.0 Å². The Morgan fingerprint density at radius 3 is 2.59 bits per heavy atom. The van der Waals surface area contributed by atoms with E-state index in [1.165, 1.54) is 11.3 Å². The Kier molecular flexibility index (Phi) is 4.10. The van der Waals surface area contributed by atoms with Crippen LogP contribution >= 0.6 is 11.3 Å². The lowest BCUT2D eigenvalue weighted by Gasteiger charge is -2.34. The third-order valence-corrected chi connectivity index (χ3v) is 4.31. The number of nitrogens with one attached hydrogen (secondary N) is 1. The number of rotatable bonds is 2. The zero-order valence-corrected chi connectivity index (χ0v) is 12.9. The molecule has 22 heavy (non-hydrogen) atoms. The molecule has 0 spiro atoms. The molecule has 0 radical (unpaired) electrons. The molecule has 3 heterocycles. The maximum absolute atomic E-state index is 12.2. The number of aryl methyl sites for hydroxylation is 1. The number of hydrogen-bond donors (Lipinski definition) is 1. The predicted octanol–water partition coefficient (Wildman–Crippen LogP) is 2.03. The second kappa shape index (κ2) is 6.18. The van der Waals surface area contributed by atoms with Crippen LogP contribution in [0.4, 0.5) is 10.6 Å². The van der Waals surface area contributed by atoms with E-state index in [1.54, 1.807) is 22.8 Å². The Balaban J connectivity index is 1.53. The summed E-state index contributed by atoms with van der Waals surface area (Å²) >= 11 is 1.43. The molecule has 2 aromatic heterocycles. The van der Waals surface area contributed by atoms with E-state index in [1.807, 2.05) is 17.5 Å². The van der Waals surface area contributed by atoms with Gasteiger partial charge in [-0.3, -0.25) is 10.1 Å². The minimum absolute atomic E-state index is 0.0298. The van der Waals surface area contributed by atoms with Gasteiger partial charge in [0, 0.05) is 32.2 Å². The highest BCUT2D eigenvalue weighted by Gasteiger charge is 2.25. The minimum Gasteiger partial charge on any atom is -0.360 e. The molecule has 3 rings (SSSR count). The summed E-state index contributed by atoms with van der Waals surface area (Å²) in [7, 11) is 0. The third kappa shape index (κ3) is 3.11. The zero-order valence-electron chi connectivity index (χ0n) is 12.1. The normalized spacial score (nSPS) is 15.0. The molecule has 0 aliphatic carbocycles. The largest absolute Gasteiger partial charge is 0.360 e. The maximum Gasteiger partial charge on any atom is 0.323 e. The summed E-state index contributed by atoms with van der Waals surface area (Å²) in [5, 5.41) is 8.30. The van der Waals surface area contributed by atoms with Crippen LogP contribution in [0, 0.1) is 6.92 Å². The first kappa shape index (κ1) is 14.6. The number of hydrogen-bond acceptors (Lipinski definition) is 5. The van der Waals surface area contributed by atoms with E-state index < -0.39 is 0 Å². The van der Waals surface area contributed by atoms with Crippen LogP contribution in [0.1, 0.15) is 15.4 Å². The molecule has 0 atom stereocenters. The fraction of sp³-hybridized carbons (Fsp3) is 0.357. The summed E-state index contributed by atoms with van der Waals surface area (Å²) in [6, 6.07) is 5.12. The van der Waals surface area contributed by atoms with E-state index >= 15 is 0 Å². The van der Waals surface area contributed by atoms with Gasteiger partial charge in [0.25, 0.3) is 5.91 Å². The molecule has 1 N–H and O–H groups in total. The van der Waals surface area contributed by atoms with Gasteiger partial charge >= 0.3 is 6.03 Å². The van der Waals surface area contributed by atoms with Crippen molar-refractivity contribution in [1.29, 1.82) is 0 Å². The fourth-order valence-electron chi connectivity index (χ4n) is 2.28. The fourth-order valence-corrected chi connectivity index (χ4v) is 2.97. The SMILES string of the molecule is Cc1cc(NC(=O)N2CCN(C(=O)c3cccs3)CC2)no1. The molecular weight excluding hydrogens is 304 g/mol. The molecule has 0 aromatic carbocycles. The van der Waals surface area contributed by atoms with Gasteiger partial charge in [-0.25, -0.2) is 4.79 Å². The standard InChI is InChI=1S/C14H16N4O3S/c1-10-9-12(16-21-10)15-14(20)18-6-4-17(5-7-18)13(19)11-3-2-8-22-11/h2-3,8-9H,4-7H2,1H3,(H,15,16,20). The Morgan fingerprint density at radius 2 is 2.00 bits per heavy atom. The van der Waals surface area contributed by atoms with Crippen LogP contribution in [-0.2, 0) is 0 Å². The van der Waals surface area contributed by atoms with E-state index in [9.17, 15) is 9.59 Å². The monoisotopic (exact) mass is 320 g/mol. The molecule has 7 nitrogen and oxygen atoms in total. The molecule has 3 amide bonds. The number of piperazine rings is 1. The van der Waals surface area contributed by atoms with Crippen LogP contribution in [0.3, 0.4) is 0 Å². The average Bonchev–Trinajstić information content (AvgIpc) is 3.18. The number of anilines is 1. The molecule has 0 saturated carbocycles. The first-order chi connectivity index (χ1) is 10.6. The maximum atomic E-state index is 12.2. The zero-order chi connectivity index (χ0) is 15.5. The van der Waals surface area contributed by atoms with Crippen LogP contribution in [0.2, 0.25) is 0 Å². The Morgan fingerprint density at radius 1 is 1.27 bits per heavy atom. The molecule has 8 heteroatoms. The van der Waals surface area contributed by atoms with Crippen molar-refractivity contribution in [2.75, 3.05) is 31.5 Å². The number of nitrogens with zero attached hydrogens (tertiary/aromatic N) is 3. The number of aromatic nitrogens is 1. The van der Waals surface area contributed by atoms with Gasteiger partial charge in [-0.15, -0.1) is 11.3 Å². The van der Waals surface area contributed by atoms with E-state index in [2.05, 4.69) is 10.5 Å². The van der Waals surface area contributed by atoms with Crippen LogP contribution in [0.5, 0.6) is 0 Å². The van der Waals surface area contributed by atoms with Gasteiger partial charge in [0.2, 0.25) is 0 Å². The van der Waals surface area contributed by atoms with Gasteiger partial charge < -0.3 is 14.3 Å². The van der Waals surface area contributed by atoms with Crippen LogP contribution in [0.25, 0.3) is 0 Å².